The number of ether oxygens (including phenoxy) is 1. The van der Waals surface area contributed by atoms with Gasteiger partial charge in [-0.25, -0.2) is 0 Å². The van der Waals surface area contributed by atoms with E-state index in [-0.39, 0.29) is 0 Å². The number of furan rings is 1. The van der Waals surface area contributed by atoms with Crippen molar-refractivity contribution >= 4 is 34.5 Å². The summed E-state index contributed by atoms with van der Waals surface area (Å²) in [7, 11) is -0.481. The maximum absolute atomic E-state index is 6.64. The van der Waals surface area contributed by atoms with E-state index in [1.807, 2.05) is 18.2 Å². The first-order valence-electron chi connectivity index (χ1n) is 14.6. The summed E-state index contributed by atoms with van der Waals surface area (Å²) in [5.41, 5.74) is 8.43. The average Bonchev–Trinajstić information content (AvgIpc) is 3.58. The summed E-state index contributed by atoms with van der Waals surface area (Å²) in [5, 5.41) is 2.28. The van der Waals surface area contributed by atoms with Crippen molar-refractivity contribution in [1.82, 2.24) is 0 Å². The van der Waals surface area contributed by atoms with Crippen molar-refractivity contribution in [3.05, 3.63) is 125 Å². The number of rotatable bonds is 1. The highest BCUT2D eigenvalue weighted by atomic mass is 16.7. The van der Waals surface area contributed by atoms with Crippen LogP contribution in [0.15, 0.2) is 108 Å². The first-order chi connectivity index (χ1) is 20.3. The number of fused-ring (bicyclic) bond motifs is 13. The van der Waals surface area contributed by atoms with Crippen LogP contribution in [-0.2, 0) is 14.7 Å². The van der Waals surface area contributed by atoms with Gasteiger partial charge in [0, 0.05) is 21.9 Å². The van der Waals surface area contributed by atoms with Crippen molar-refractivity contribution < 1.29 is 18.5 Å². The zero-order valence-corrected chi connectivity index (χ0v) is 24.0. The van der Waals surface area contributed by atoms with Gasteiger partial charge in [0.2, 0.25) is 0 Å². The van der Waals surface area contributed by atoms with Gasteiger partial charge in [0.15, 0.2) is 0 Å². The van der Waals surface area contributed by atoms with Gasteiger partial charge in [0.05, 0.1) is 16.6 Å². The van der Waals surface area contributed by atoms with Gasteiger partial charge in [-0.1, -0.05) is 78.9 Å². The fourth-order valence-electron chi connectivity index (χ4n) is 7.35. The van der Waals surface area contributed by atoms with Gasteiger partial charge in [-0.15, -0.1) is 0 Å². The summed E-state index contributed by atoms with van der Waals surface area (Å²) in [6.45, 7) is 8.37. The van der Waals surface area contributed by atoms with Crippen molar-refractivity contribution in [3.63, 3.8) is 0 Å². The molecule has 0 radical (unpaired) electrons. The Labute approximate surface area is 245 Å². The van der Waals surface area contributed by atoms with Crippen molar-refractivity contribution in [1.29, 1.82) is 0 Å². The Morgan fingerprint density at radius 1 is 0.571 bits per heavy atom. The lowest BCUT2D eigenvalue weighted by atomic mass is 9.64. The van der Waals surface area contributed by atoms with Crippen molar-refractivity contribution in [3.8, 4) is 22.6 Å². The van der Waals surface area contributed by atoms with E-state index >= 15 is 0 Å². The molecule has 5 heteroatoms. The molecule has 0 saturated carbocycles. The van der Waals surface area contributed by atoms with Crippen LogP contribution in [0.25, 0.3) is 33.1 Å². The van der Waals surface area contributed by atoms with Crippen LogP contribution in [0.5, 0.6) is 11.5 Å². The number of benzene rings is 5. The Morgan fingerprint density at radius 3 is 2.10 bits per heavy atom. The highest BCUT2D eigenvalue weighted by molar-refractivity contribution is 6.62. The molecule has 4 nitrogen and oxygen atoms in total. The second-order valence-corrected chi connectivity index (χ2v) is 12.7. The highest BCUT2D eigenvalue weighted by Crippen LogP contribution is 2.63. The molecule has 6 aromatic rings. The Balaban J connectivity index is 1.39. The minimum absolute atomic E-state index is 0.436. The molecule has 1 fully saturated rings. The van der Waals surface area contributed by atoms with Crippen LogP contribution in [0.4, 0.5) is 0 Å². The maximum atomic E-state index is 6.64. The van der Waals surface area contributed by atoms with Gasteiger partial charge in [-0.2, -0.15) is 0 Å². The van der Waals surface area contributed by atoms with E-state index in [4.69, 9.17) is 18.5 Å². The fraction of sp³-hybridized carbons (Fsp3) is 0.189. The quantitative estimate of drug-likeness (QED) is 0.193. The third kappa shape index (κ3) is 2.90. The number of hydrogen-bond donors (Lipinski definition) is 0. The molecule has 0 bridgehead atoms. The maximum Gasteiger partial charge on any atom is 0.494 e. The topological polar surface area (TPSA) is 40.8 Å². The molecule has 1 aromatic heterocycles. The summed E-state index contributed by atoms with van der Waals surface area (Å²) < 4.78 is 26.1. The molecule has 5 aromatic carbocycles. The molecule has 3 heterocycles. The molecular formula is C37H29BO4. The molecule has 1 atom stereocenters. The predicted molar refractivity (Wildman–Crippen MR) is 167 cm³/mol. The predicted octanol–water partition coefficient (Wildman–Crippen LogP) is 8.35. The fourth-order valence-corrected chi connectivity index (χ4v) is 7.35. The molecule has 0 N–H and O–H groups in total. The molecule has 9 rings (SSSR count). The van der Waals surface area contributed by atoms with E-state index in [0.29, 0.717) is 0 Å². The summed E-state index contributed by atoms with van der Waals surface area (Å²) in [6, 6.07) is 36.4. The zero-order valence-electron chi connectivity index (χ0n) is 24.0. The average molecular weight is 548 g/mol. The minimum Gasteiger partial charge on any atom is -0.457 e. The number of para-hydroxylation sites is 2. The van der Waals surface area contributed by atoms with Gasteiger partial charge < -0.3 is 18.5 Å². The van der Waals surface area contributed by atoms with Crippen LogP contribution in [-0.4, -0.2) is 18.3 Å². The van der Waals surface area contributed by atoms with Crippen LogP contribution in [0.2, 0.25) is 0 Å². The summed E-state index contributed by atoms with van der Waals surface area (Å²) in [5.74, 6) is 1.71. The third-order valence-electron chi connectivity index (χ3n) is 9.99. The van der Waals surface area contributed by atoms with Gasteiger partial charge in [-0.05, 0) is 79.7 Å². The second-order valence-electron chi connectivity index (χ2n) is 12.7. The first-order valence-corrected chi connectivity index (χ1v) is 14.6. The van der Waals surface area contributed by atoms with Crippen LogP contribution in [0, 0.1) is 0 Å². The Morgan fingerprint density at radius 2 is 1.26 bits per heavy atom. The van der Waals surface area contributed by atoms with Crippen LogP contribution in [0.1, 0.15) is 49.9 Å². The molecule has 1 unspecified atom stereocenters. The van der Waals surface area contributed by atoms with Gasteiger partial charge in [-0.3, -0.25) is 0 Å². The van der Waals surface area contributed by atoms with E-state index in [1.54, 1.807) is 0 Å². The van der Waals surface area contributed by atoms with Crippen molar-refractivity contribution in [2.45, 2.75) is 44.3 Å². The normalized spacial score (nSPS) is 20.8. The number of hydrogen-bond acceptors (Lipinski definition) is 4. The van der Waals surface area contributed by atoms with Crippen LogP contribution < -0.4 is 10.2 Å². The van der Waals surface area contributed by atoms with E-state index in [9.17, 15) is 0 Å². The van der Waals surface area contributed by atoms with E-state index < -0.39 is 23.7 Å². The molecule has 1 aliphatic carbocycles. The largest absolute Gasteiger partial charge is 0.494 e. The zero-order chi connectivity index (χ0) is 28.4. The lowest BCUT2D eigenvalue weighted by Crippen LogP contribution is -2.41. The monoisotopic (exact) mass is 548 g/mol. The van der Waals surface area contributed by atoms with E-state index in [2.05, 4.69) is 113 Å². The van der Waals surface area contributed by atoms with Crippen LogP contribution in [0.3, 0.4) is 0 Å². The molecule has 2 aliphatic heterocycles. The lowest BCUT2D eigenvalue weighted by Gasteiger charge is -2.39. The molecule has 204 valence electrons. The summed E-state index contributed by atoms with van der Waals surface area (Å²) in [6.07, 6.45) is 0. The summed E-state index contributed by atoms with van der Waals surface area (Å²) >= 11 is 0. The molecule has 1 saturated heterocycles. The molecule has 42 heavy (non-hydrogen) atoms. The molecule has 3 aliphatic rings. The van der Waals surface area contributed by atoms with Gasteiger partial charge in [0.1, 0.15) is 22.7 Å². The minimum atomic E-state index is -0.595. The van der Waals surface area contributed by atoms with Crippen molar-refractivity contribution in [2.24, 2.45) is 0 Å². The standard InChI is InChI=1S/C37H29BO4/c1-35(2)36(3,4)42-38(41-35)22-17-19-31-28(21-22)37(26-14-8-10-16-30(26)40-31)25-13-7-5-11-23(25)33-27(37)18-20-32-34(33)24-12-6-9-15-29(24)39-32/h5-21H,1-4H3. The lowest BCUT2D eigenvalue weighted by molar-refractivity contribution is 0.00578. The Hall–Kier alpha value is -4.32. The first kappa shape index (κ1) is 24.3. The second kappa shape index (κ2) is 7.94. The Kier molecular flexibility index (Phi) is 4.60. The van der Waals surface area contributed by atoms with Crippen LogP contribution >= 0.6 is 0 Å². The summed E-state index contributed by atoms with van der Waals surface area (Å²) in [4.78, 5) is 0. The Bertz CT molecular complexity index is 2090. The third-order valence-corrected chi connectivity index (χ3v) is 9.99. The van der Waals surface area contributed by atoms with Crippen molar-refractivity contribution in [2.75, 3.05) is 0 Å². The van der Waals surface area contributed by atoms with E-state index in [1.165, 1.54) is 22.3 Å². The van der Waals surface area contributed by atoms with E-state index in [0.717, 1.165) is 50.0 Å². The SMILES string of the molecule is CC1(C)OB(c2ccc3c(c2)C2(c4ccccc4O3)c3ccccc3-c3c2ccc2oc4ccccc4c32)OC1(C)C. The molecule has 0 amide bonds. The molecular weight excluding hydrogens is 519 g/mol. The smallest absolute Gasteiger partial charge is 0.457 e. The van der Waals surface area contributed by atoms with Gasteiger partial charge in [0.25, 0.3) is 0 Å². The highest BCUT2D eigenvalue weighted by Gasteiger charge is 2.54. The molecule has 1 spiro atoms. The van der Waals surface area contributed by atoms with Gasteiger partial charge >= 0.3 is 7.12 Å².